The van der Waals surface area contributed by atoms with Gasteiger partial charge in [-0.05, 0) is 18.9 Å². The average Bonchev–Trinajstić information content (AvgIpc) is 2.43. The highest BCUT2D eigenvalue weighted by atomic mass is 16.4. The van der Waals surface area contributed by atoms with Crippen molar-refractivity contribution >= 4 is 11.9 Å². The van der Waals surface area contributed by atoms with Crippen LogP contribution in [0.2, 0.25) is 0 Å². The van der Waals surface area contributed by atoms with Gasteiger partial charge in [-0.25, -0.2) is 0 Å². The first-order valence-electron chi connectivity index (χ1n) is 6.55. The summed E-state index contributed by atoms with van der Waals surface area (Å²) in [6.45, 7) is 3.60. The van der Waals surface area contributed by atoms with Crippen molar-refractivity contribution < 1.29 is 14.7 Å². The third-order valence-electron chi connectivity index (χ3n) is 3.81. The molecule has 0 spiro atoms. The molecule has 6 nitrogen and oxygen atoms in total. The normalized spacial score (nSPS) is 11.2. The number of hydrogen-bond acceptors (Lipinski definition) is 3. The van der Waals surface area contributed by atoms with E-state index in [1.807, 2.05) is 0 Å². The molecular formula is C14H20N2O4. The molecule has 1 amide bonds. The highest BCUT2D eigenvalue weighted by Gasteiger charge is 2.35. The fourth-order valence-electron chi connectivity index (χ4n) is 2.01. The van der Waals surface area contributed by atoms with Crippen molar-refractivity contribution in [3.05, 3.63) is 34.2 Å². The van der Waals surface area contributed by atoms with E-state index in [1.54, 1.807) is 13.8 Å². The van der Waals surface area contributed by atoms with E-state index in [-0.39, 0.29) is 17.8 Å². The van der Waals surface area contributed by atoms with Gasteiger partial charge in [-0.1, -0.05) is 19.9 Å². The van der Waals surface area contributed by atoms with Crippen molar-refractivity contribution in [3.8, 4) is 0 Å². The number of aliphatic carboxylic acids is 1. The Morgan fingerprint density at radius 3 is 2.40 bits per heavy atom. The van der Waals surface area contributed by atoms with Gasteiger partial charge >= 0.3 is 5.97 Å². The molecule has 0 radical (unpaired) electrons. The smallest absolute Gasteiger partial charge is 0.311 e. The quantitative estimate of drug-likeness (QED) is 0.814. The number of amides is 1. The standard InChI is InChI=1S/C14H20N2O4/c1-4-14(5-2,13(19)20)9-15-12(18)10-7-6-8-11(17)16(10)3/h6-8H,4-5,9H2,1-3H3,(H,15,18)(H,19,20). The molecule has 110 valence electrons. The van der Waals surface area contributed by atoms with Gasteiger partial charge in [0, 0.05) is 19.7 Å². The number of carboxylic acids is 1. The Kier molecular flexibility index (Phi) is 5.07. The van der Waals surface area contributed by atoms with Crippen LogP contribution in [-0.4, -0.2) is 28.1 Å². The summed E-state index contributed by atoms with van der Waals surface area (Å²) < 4.78 is 1.23. The first-order chi connectivity index (χ1) is 9.38. The van der Waals surface area contributed by atoms with Crippen LogP contribution >= 0.6 is 0 Å². The molecule has 0 aliphatic carbocycles. The number of nitrogens with zero attached hydrogens (tertiary/aromatic N) is 1. The number of carboxylic acid groups (broad SMARTS) is 1. The summed E-state index contributed by atoms with van der Waals surface area (Å²) in [7, 11) is 1.50. The van der Waals surface area contributed by atoms with Crippen LogP contribution in [0, 0.1) is 5.41 Å². The Hall–Kier alpha value is -2.11. The van der Waals surface area contributed by atoms with E-state index in [0.29, 0.717) is 12.8 Å². The van der Waals surface area contributed by atoms with Crippen molar-refractivity contribution in [1.29, 1.82) is 0 Å². The van der Waals surface area contributed by atoms with E-state index in [2.05, 4.69) is 5.32 Å². The van der Waals surface area contributed by atoms with Crippen molar-refractivity contribution in [2.75, 3.05) is 6.54 Å². The third-order valence-corrected chi connectivity index (χ3v) is 3.81. The van der Waals surface area contributed by atoms with Crippen LogP contribution in [0.3, 0.4) is 0 Å². The highest BCUT2D eigenvalue weighted by molar-refractivity contribution is 5.92. The molecule has 1 aromatic rings. The Balaban J connectivity index is 2.89. The predicted molar refractivity (Wildman–Crippen MR) is 74.7 cm³/mol. The lowest BCUT2D eigenvalue weighted by Crippen LogP contribution is -2.43. The summed E-state index contributed by atoms with van der Waals surface area (Å²) in [5.74, 6) is -1.37. The van der Waals surface area contributed by atoms with Gasteiger partial charge in [0.05, 0.1) is 5.41 Å². The Morgan fingerprint density at radius 1 is 1.30 bits per heavy atom. The topological polar surface area (TPSA) is 88.4 Å². The second-order valence-corrected chi connectivity index (χ2v) is 4.78. The summed E-state index contributed by atoms with van der Waals surface area (Å²) in [5, 5.41) is 11.9. The molecule has 1 aromatic heterocycles. The molecule has 0 saturated heterocycles. The van der Waals surface area contributed by atoms with E-state index >= 15 is 0 Å². The van der Waals surface area contributed by atoms with Crippen LogP contribution in [0.25, 0.3) is 0 Å². The Labute approximate surface area is 117 Å². The molecule has 0 aliphatic rings. The molecule has 0 unspecified atom stereocenters. The SMILES string of the molecule is CCC(CC)(CNC(=O)c1cccc(=O)n1C)C(=O)O. The summed E-state index contributed by atoms with van der Waals surface area (Å²) >= 11 is 0. The van der Waals surface area contributed by atoms with Gasteiger partial charge < -0.3 is 15.0 Å². The minimum atomic E-state index is -0.969. The fraction of sp³-hybridized carbons (Fsp3) is 0.500. The summed E-state index contributed by atoms with van der Waals surface area (Å²) in [6.07, 6.45) is 0.847. The molecule has 0 aromatic carbocycles. The molecular weight excluding hydrogens is 260 g/mol. The number of carbonyl (C=O) groups is 2. The second-order valence-electron chi connectivity index (χ2n) is 4.78. The van der Waals surface area contributed by atoms with Crippen LogP contribution in [0.15, 0.2) is 23.0 Å². The number of nitrogens with one attached hydrogen (secondary N) is 1. The molecule has 6 heteroatoms. The minimum Gasteiger partial charge on any atom is -0.481 e. The first-order valence-corrected chi connectivity index (χ1v) is 6.55. The summed E-state index contributed by atoms with van der Waals surface area (Å²) in [6, 6.07) is 4.38. The summed E-state index contributed by atoms with van der Waals surface area (Å²) in [5.41, 5.74) is -1.04. The van der Waals surface area contributed by atoms with E-state index in [4.69, 9.17) is 0 Å². The van der Waals surface area contributed by atoms with Gasteiger partial charge in [0.25, 0.3) is 11.5 Å². The lowest BCUT2D eigenvalue weighted by Gasteiger charge is -2.26. The fourth-order valence-corrected chi connectivity index (χ4v) is 2.01. The number of aromatic nitrogens is 1. The van der Waals surface area contributed by atoms with Gasteiger partial charge in [-0.3, -0.25) is 14.4 Å². The van der Waals surface area contributed by atoms with Crippen LogP contribution < -0.4 is 10.9 Å². The largest absolute Gasteiger partial charge is 0.481 e. The van der Waals surface area contributed by atoms with Gasteiger partial charge in [0.15, 0.2) is 0 Å². The highest BCUT2D eigenvalue weighted by Crippen LogP contribution is 2.25. The third kappa shape index (κ3) is 3.07. The second kappa shape index (κ2) is 6.36. The van der Waals surface area contributed by atoms with Crippen molar-refractivity contribution in [2.24, 2.45) is 12.5 Å². The Bertz CT molecular complexity index is 559. The molecule has 1 rings (SSSR count). The zero-order valence-electron chi connectivity index (χ0n) is 12.0. The molecule has 1 heterocycles. The van der Waals surface area contributed by atoms with E-state index in [0.717, 1.165) is 0 Å². The Morgan fingerprint density at radius 2 is 1.90 bits per heavy atom. The number of carbonyl (C=O) groups excluding carboxylic acids is 1. The van der Waals surface area contributed by atoms with E-state index < -0.39 is 17.3 Å². The van der Waals surface area contributed by atoms with Crippen molar-refractivity contribution in [2.45, 2.75) is 26.7 Å². The molecule has 0 atom stereocenters. The van der Waals surface area contributed by atoms with Crippen LogP contribution in [0.1, 0.15) is 37.2 Å². The molecule has 20 heavy (non-hydrogen) atoms. The summed E-state index contributed by atoms with van der Waals surface area (Å²) in [4.78, 5) is 34.9. The predicted octanol–water partition coefficient (Wildman–Crippen LogP) is 1.01. The maximum atomic E-state index is 12.1. The minimum absolute atomic E-state index is 0.0389. The van der Waals surface area contributed by atoms with Gasteiger partial charge in [0.1, 0.15) is 5.69 Å². The van der Waals surface area contributed by atoms with E-state index in [9.17, 15) is 19.5 Å². The van der Waals surface area contributed by atoms with Gasteiger partial charge in [-0.15, -0.1) is 0 Å². The molecule has 0 saturated carbocycles. The van der Waals surface area contributed by atoms with Gasteiger partial charge in [-0.2, -0.15) is 0 Å². The number of rotatable bonds is 6. The lowest BCUT2D eigenvalue weighted by molar-refractivity contribution is -0.149. The first kappa shape index (κ1) is 15.9. The zero-order chi connectivity index (χ0) is 15.3. The lowest BCUT2D eigenvalue weighted by atomic mass is 9.82. The average molecular weight is 280 g/mol. The van der Waals surface area contributed by atoms with Gasteiger partial charge in [0.2, 0.25) is 0 Å². The van der Waals surface area contributed by atoms with E-state index in [1.165, 1.54) is 29.8 Å². The molecule has 2 N–H and O–H groups in total. The zero-order valence-corrected chi connectivity index (χ0v) is 12.0. The van der Waals surface area contributed by atoms with Crippen LogP contribution in [0.4, 0.5) is 0 Å². The maximum absolute atomic E-state index is 12.1. The van der Waals surface area contributed by atoms with Crippen LogP contribution in [0.5, 0.6) is 0 Å². The van der Waals surface area contributed by atoms with Crippen molar-refractivity contribution in [3.63, 3.8) is 0 Å². The van der Waals surface area contributed by atoms with Crippen molar-refractivity contribution in [1.82, 2.24) is 9.88 Å². The number of hydrogen-bond donors (Lipinski definition) is 2. The molecule has 0 fully saturated rings. The molecule has 0 aliphatic heterocycles. The maximum Gasteiger partial charge on any atom is 0.311 e. The monoisotopic (exact) mass is 280 g/mol. The number of pyridine rings is 1. The molecule has 0 bridgehead atoms. The van der Waals surface area contributed by atoms with Crippen LogP contribution in [-0.2, 0) is 11.8 Å².